The molecule has 2 unspecified atom stereocenters. The zero-order valence-electron chi connectivity index (χ0n) is 13.7. The Labute approximate surface area is 128 Å². The number of hydrogen-bond donors (Lipinski definition) is 1. The summed E-state index contributed by atoms with van der Waals surface area (Å²) in [5.41, 5.74) is 1.19. The van der Waals surface area contributed by atoms with E-state index >= 15 is 0 Å². The Hall–Kier alpha value is -1.10. The number of para-hydroxylation sites is 1. The van der Waals surface area contributed by atoms with Crippen LogP contribution in [0.5, 0.6) is 5.75 Å². The van der Waals surface area contributed by atoms with Crippen LogP contribution in [0.2, 0.25) is 0 Å². The summed E-state index contributed by atoms with van der Waals surface area (Å²) in [6, 6.07) is 8.43. The highest BCUT2D eigenvalue weighted by atomic mass is 16.5. The topological polar surface area (TPSA) is 39.7 Å². The van der Waals surface area contributed by atoms with Crippen LogP contribution in [-0.4, -0.2) is 40.1 Å². The summed E-state index contributed by atoms with van der Waals surface area (Å²) >= 11 is 0. The van der Waals surface area contributed by atoms with Crippen molar-refractivity contribution in [3.8, 4) is 5.75 Å². The molecule has 4 heteroatoms. The van der Waals surface area contributed by atoms with Crippen LogP contribution in [0.4, 0.5) is 0 Å². The van der Waals surface area contributed by atoms with E-state index in [1.54, 1.807) is 14.2 Å². The first kappa shape index (κ1) is 18.0. The molecule has 0 aliphatic rings. The van der Waals surface area contributed by atoms with E-state index in [0.717, 1.165) is 25.1 Å². The Morgan fingerprint density at radius 2 is 1.90 bits per heavy atom. The minimum Gasteiger partial charge on any atom is -0.491 e. The van der Waals surface area contributed by atoms with E-state index in [9.17, 15) is 0 Å². The number of nitrogens with one attached hydrogen (secondary N) is 1. The van der Waals surface area contributed by atoms with Crippen molar-refractivity contribution in [3.05, 3.63) is 29.8 Å². The van der Waals surface area contributed by atoms with Crippen molar-refractivity contribution < 1.29 is 14.2 Å². The van der Waals surface area contributed by atoms with Crippen molar-refractivity contribution in [1.82, 2.24) is 5.32 Å². The van der Waals surface area contributed by atoms with Crippen LogP contribution in [0.25, 0.3) is 0 Å². The average Bonchev–Trinajstić information content (AvgIpc) is 2.52. The zero-order valence-corrected chi connectivity index (χ0v) is 13.7. The van der Waals surface area contributed by atoms with Crippen molar-refractivity contribution in [2.24, 2.45) is 0 Å². The van der Waals surface area contributed by atoms with E-state index in [2.05, 4.69) is 31.3 Å². The molecule has 120 valence electrons. The number of methoxy groups -OCH3 is 2. The van der Waals surface area contributed by atoms with Gasteiger partial charge in [0.05, 0.1) is 12.7 Å². The highest BCUT2D eigenvalue weighted by Gasteiger charge is 2.18. The molecule has 1 aromatic rings. The highest BCUT2D eigenvalue weighted by Crippen LogP contribution is 2.28. The lowest BCUT2D eigenvalue weighted by Crippen LogP contribution is -2.26. The summed E-state index contributed by atoms with van der Waals surface area (Å²) in [6.07, 6.45) is 2.22. The van der Waals surface area contributed by atoms with Crippen LogP contribution < -0.4 is 10.1 Å². The predicted octanol–water partition coefficient (Wildman–Crippen LogP) is 3.18. The maximum atomic E-state index is 5.85. The monoisotopic (exact) mass is 295 g/mol. The van der Waals surface area contributed by atoms with Crippen molar-refractivity contribution in [3.63, 3.8) is 0 Å². The molecular formula is C17H29NO3. The van der Waals surface area contributed by atoms with Gasteiger partial charge in [0.1, 0.15) is 12.4 Å². The normalized spacial score (nSPS) is 13.9. The molecule has 1 rings (SSSR count). The van der Waals surface area contributed by atoms with Crippen LogP contribution in [-0.2, 0) is 9.47 Å². The third-order valence-corrected chi connectivity index (χ3v) is 3.45. The molecule has 0 aromatic heterocycles. The van der Waals surface area contributed by atoms with Crippen molar-refractivity contribution in [2.45, 2.75) is 38.8 Å². The van der Waals surface area contributed by atoms with Crippen LogP contribution in [0.1, 0.15) is 38.3 Å². The van der Waals surface area contributed by atoms with Gasteiger partial charge in [-0.3, -0.25) is 0 Å². The van der Waals surface area contributed by atoms with Gasteiger partial charge in [0, 0.05) is 25.8 Å². The summed E-state index contributed by atoms with van der Waals surface area (Å²) in [6.45, 7) is 6.40. The maximum Gasteiger partial charge on any atom is 0.124 e. The quantitative estimate of drug-likeness (QED) is 0.637. The first-order chi connectivity index (χ1) is 10.2. The highest BCUT2D eigenvalue weighted by molar-refractivity contribution is 5.36. The number of rotatable bonds is 11. The lowest BCUT2D eigenvalue weighted by Gasteiger charge is -2.24. The van der Waals surface area contributed by atoms with Gasteiger partial charge >= 0.3 is 0 Å². The Kier molecular flexibility index (Phi) is 9.06. The molecule has 4 nitrogen and oxygen atoms in total. The van der Waals surface area contributed by atoms with E-state index in [1.165, 1.54) is 5.56 Å². The molecule has 0 heterocycles. The largest absolute Gasteiger partial charge is 0.491 e. The number of hydrogen-bond acceptors (Lipinski definition) is 4. The third-order valence-electron chi connectivity index (χ3n) is 3.45. The fourth-order valence-corrected chi connectivity index (χ4v) is 2.20. The SMILES string of the molecule is CCCNC(CC(C)OC)c1ccccc1OCCOC. The Morgan fingerprint density at radius 3 is 2.57 bits per heavy atom. The average molecular weight is 295 g/mol. The molecule has 0 bridgehead atoms. The summed E-state index contributed by atoms with van der Waals surface area (Å²) in [5.74, 6) is 0.923. The molecule has 21 heavy (non-hydrogen) atoms. The van der Waals surface area contributed by atoms with Gasteiger partial charge in [-0.05, 0) is 32.4 Å². The van der Waals surface area contributed by atoms with Gasteiger partial charge in [-0.1, -0.05) is 25.1 Å². The van der Waals surface area contributed by atoms with E-state index in [-0.39, 0.29) is 12.1 Å². The van der Waals surface area contributed by atoms with E-state index < -0.39 is 0 Å². The second-order valence-electron chi connectivity index (χ2n) is 5.17. The minimum absolute atomic E-state index is 0.200. The van der Waals surface area contributed by atoms with Crippen LogP contribution >= 0.6 is 0 Å². The molecule has 0 saturated heterocycles. The molecule has 2 atom stereocenters. The Morgan fingerprint density at radius 1 is 1.14 bits per heavy atom. The van der Waals surface area contributed by atoms with Gasteiger partial charge in [0.15, 0.2) is 0 Å². The van der Waals surface area contributed by atoms with E-state index in [0.29, 0.717) is 13.2 Å². The maximum absolute atomic E-state index is 5.85. The van der Waals surface area contributed by atoms with Crippen molar-refractivity contribution in [1.29, 1.82) is 0 Å². The second kappa shape index (κ2) is 10.6. The smallest absolute Gasteiger partial charge is 0.124 e. The summed E-state index contributed by atoms with van der Waals surface area (Å²) < 4.78 is 16.3. The van der Waals surface area contributed by atoms with Gasteiger partial charge in [0.25, 0.3) is 0 Å². The van der Waals surface area contributed by atoms with Gasteiger partial charge in [-0.2, -0.15) is 0 Å². The number of benzene rings is 1. The summed E-state index contributed by atoms with van der Waals surface area (Å²) in [5, 5.41) is 3.59. The molecule has 0 spiro atoms. The van der Waals surface area contributed by atoms with Gasteiger partial charge < -0.3 is 19.5 Å². The van der Waals surface area contributed by atoms with E-state index in [1.807, 2.05) is 12.1 Å². The molecule has 0 aliphatic carbocycles. The van der Waals surface area contributed by atoms with Gasteiger partial charge in [-0.25, -0.2) is 0 Å². The Bertz CT molecular complexity index is 384. The minimum atomic E-state index is 0.200. The predicted molar refractivity (Wildman–Crippen MR) is 85.9 cm³/mol. The first-order valence-electron chi connectivity index (χ1n) is 7.69. The lowest BCUT2D eigenvalue weighted by molar-refractivity contribution is 0.0995. The first-order valence-corrected chi connectivity index (χ1v) is 7.69. The second-order valence-corrected chi connectivity index (χ2v) is 5.17. The van der Waals surface area contributed by atoms with Crippen molar-refractivity contribution in [2.75, 3.05) is 34.0 Å². The van der Waals surface area contributed by atoms with Crippen LogP contribution in [0.3, 0.4) is 0 Å². The summed E-state index contributed by atoms with van der Waals surface area (Å²) in [4.78, 5) is 0. The van der Waals surface area contributed by atoms with Crippen LogP contribution in [0, 0.1) is 0 Å². The molecule has 0 fully saturated rings. The van der Waals surface area contributed by atoms with E-state index in [4.69, 9.17) is 14.2 Å². The van der Waals surface area contributed by atoms with Gasteiger partial charge in [-0.15, -0.1) is 0 Å². The standard InChI is InChI=1S/C17H29NO3/c1-5-10-18-16(13-14(2)20-4)15-8-6-7-9-17(15)21-12-11-19-3/h6-9,14,16,18H,5,10-13H2,1-4H3. The fourth-order valence-electron chi connectivity index (χ4n) is 2.20. The number of ether oxygens (including phenoxy) is 3. The summed E-state index contributed by atoms with van der Waals surface area (Å²) in [7, 11) is 3.43. The fraction of sp³-hybridized carbons (Fsp3) is 0.647. The third kappa shape index (κ3) is 6.46. The molecule has 0 radical (unpaired) electrons. The molecule has 1 N–H and O–H groups in total. The Balaban J connectivity index is 2.83. The molecule has 0 amide bonds. The molecule has 1 aromatic carbocycles. The van der Waals surface area contributed by atoms with Crippen LogP contribution in [0.15, 0.2) is 24.3 Å². The molecule has 0 aliphatic heterocycles. The lowest BCUT2D eigenvalue weighted by atomic mass is 10.00. The zero-order chi connectivity index (χ0) is 15.5. The molecule has 0 saturated carbocycles. The van der Waals surface area contributed by atoms with Crippen molar-refractivity contribution >= 4 is 0 Å². The molecular weight excluding hydrogens is 266 g/mol. The van der Waals surface area contributed by atoms with Gasteiger partial charge in [0.2, 0.25) is 0 Å².